The first kappa shape index (κ1) is 60.6. The molecule has 1 atom stereocenters. The molecule has 368 valence electrons. The summed E-state index contributed by atoms with van der Waals surface area (Å²) < 4.78 is 16.7. The predicted octanol–water partition coefficient (Wildman–Crippen LogP) is 18.1. The molecule has 0 aliphatic rings. The number of allylic oxidation sites excluding steroid dienone is 6. The van der Waals surface area contributed by atoms with Gasteiger partial charge in [0, 0.05) is 19.3 Å². The van der Waals surface area contributed by atoms with Crippen LogP contribution in [-0.4, -0.2) is 37.2 Å². The van der Waals surface area contributed by atoms with E-state index in [2.05, 4.69) is 57.2 Å². The van der Waals surface area contributed by atoms with Gasteiger partial charge in [0.2, 0.25) is 0 Å². The van der Waals surface area contributed by atoms with Gasteiger partial charge in [0.15, 0.2) is 6.10 Å². The molecular formula is C57H104O6. The van der Waals surface area contributed by atoms with E-state index in [4.69, 9.17) is 14.2 Å². The fourth-order valence-electron chi connectivity index (χ4n) is 7.94. The molecule has 0 N–H and O–H groups in total. The number of hydrogen-bond acceptors (Lipinski definition) is 6. The number of unbranched alkanes of at least 4 members (excludes halogenated alkanes) is 33. The maximum atomic E-state index is 12.8. The summed E-state index contributed by atoms with van der Waals surface area (Å²) in [4.78, 5) is 37.8. The topological polar surface area (TPSA) is 78.9 Å². The number of esters is 3. The maximum Gasteiger partial charge on any atom is 0.306 e. The van der Waals surface area contributed by atoms with Crippen molar-refractivity contribution in [2.24, 2.45) is 0 Å². The fraction of sp³-hybridized carbons (Fsp3) is 0.842. The summed E-state index contributed by atoms with van der Waals surface area (Å²) in [5.41, 5.74) is 0. The fourth-order valence-corrected chi connectivity index (χ4v) is 7.94. The summed E-state index contributed by atoms with van der Waals surface area (Å²) >= 11 is 0. The van der Waals surface area contributed by atoms with Crippen LogP contribution in [0.5, 0.6) is 0 Å². The van der Waals surface area contributed by atoms with E-state index in [0.717, 1.165) is 83.5 Å². The molecule has 0 heterocycles. The molecule has 0 saturated carbocycles. The van der Waals surface area contributed by atoms with Crippen LogP contribution < -0.4 is 0 Å². The maximum absolute atomic E-state index is 12.8. The highest BCUT2D eigenvalue weighted by atomic mass is 16.6. The number of carbonyl (C=O) groups excluding carboxylic acids is 3. The van der Waals surface area contributed by atoms with Gasteiger partial charge < -0.3 is 14.2 Å². The van der Waals surface area contributed by atoms with Crippen molar-refractivity contribution in [3.63, 3.8) is 0 Å². The standard InChI is InChI=1S/C57H104O6/c1-4-7-10-13-16-18-20-22-24-25-26-27-28-29-30-31-33-34-36-38-41-44-47-50-56(59)62-53-54(52-61-55(58)49-46-43-40-15-12-9-6-3)63-57(60)51-48-45-42-39-37-35-32-23-21-19-17-14-11-8-5-2/h17,19,23,25-26,32,54H,4-16,18,20-22,24,27-31,33-53H2,1-3H3/b19-17-,26-25-,32-23-. The monoisotopic (exact) mass is 885 g/mol. The third-order valence-electron chi connectivity index (χ3n) is 12.1. The Kier molecular flexibility index (Phi) is 50.3. The molecule has 0 radical (unpaired) electrons. The van der Waals surface area contributed by atoms with Crippen LogP contribution in [0.25, 0.3) is 0 Å². The molecule has 0 aliphatic carbocycles. The number of hydrogen-bond donors (Lipinski definition) is 0. The highest BCUT2D eigenvalue weighted by molar-refractivity contribution is 5.71. The average Bonchev–Trinajstić information content (AvgIpc) is 3.28. The zero-order chi connectivity index (χ0) is 45.8. The highest BCUT2D eigenvalue weighted by Crippen LogP contribution is 2.16. The largest absolute Gasteiger partial charge is 0.462 e. The van der Waals surface area contributed by atoms with Crippen molar-refractivity contribution in [3.8, 4) is 0 Å². The molecule has 0 saturated heterocycles. The minimum atomic E-state index is -0.774. The summed E-state index contributed by atoms with van der Waals surface area (Å²) in [6.45, 7) is 6.58. The van der Waals surface area contributed by atoms with Gasteiger partial charge in [-0.05, 0) is 77.0 Å². The lowest BCUT2D eigenvalue weighted by Gasteiger charge is -2.18. The van der Waals surface area contributed by atoms with Crippen LogP contribution in [0.1, 0.15) is 290 Å². The van der Waals surface area contributed by atoms with Crippen molar-refractivity contribution in [1.29, 1.82) is 0 Å². The Bertz CT molecular complexity index is 1060. The molecule has 0 amide bonds. The van der Waals surface area contributed by atoms with Gasteiger partial charge in [-0.2, -0.15) is 0 Å². The third-order valence-corrected chi connectivity index (χ3v) is 12.1. The van der Waals surface area contributed by atoms with Crippen LogP contribution >= 0.6 is 0 Å². The van der Waals surface area contributed by atoms with E-state index >= 15 is 0 Å². The number of carbonyl (C=O) groups is 3. The van der Waals surface area contributed by atoms with Gasteiger partial charge in [0.1, 0.15) is 13.2 Å². The van der Waals surface area contributed by atoms with Gasteiger partial charge >= 0.3 is 17.9 Å². The Morgan fingerprint density at radius 2 is 0.571 bits per heavy atom. The van der Waals surface area contributed by atoms with Gasteiger partial charge in [-0.25, -0.2) is 0 Å². The smallest absolute Gasteiger partial charge is 0.306 e. The van der Waals surface area contributed by atoms with E-state index in [9.17, 15) is 14.4 Å². The third kappa shape index (κ3) is 50.5. The van der Waals surface area contributed by atoms with E-state index in [1.807, 2.05) is 0 Å². The average molecular weight is 885 g/mol. The van der Waals surface area contributed by atoms with Crippen molar-refractivity contribution in [2.45, 2.75) is 297 Å². The zero-order valence-electron chi connectivity index (χ0n) is 42.1. The molecule has 0 aromatic heterocycles. The first-order chi connectivity index (χ1) is 31.0. The highest BCUT2D eigenvalue weighted by Gasteiger charge is 2.19. The van der Waals surface area contributed by atoms with Crippen LogP contribution in [0.3, 0.4) is 0 Å². The lowest BCUT2D eigenvalue weighted by atomic mass is 10.0. The molecule has 0 spiro atoms. The molecule has 0 fully saturated rings. The molecule has 0 aromatic rings. The summed E-state index contributed by atoms with van der Waals surface area (Å²) in [5.74, 6) is -0.886. The normalized spacial score (nSPS) is 12.2. The van der Waals surface area contributed by atoms with Gasteiger partial charge in [0.05, 0.1) is 0 Å². The Morgan fingerprint density at radius 1 is 0.317 bits per heavy atom. The van der Waals surface area contributed by atoms with Crippen molar-refractivity contribution >= 4 is 17.9 Å². The number of rotatable bonds is 50. The summed E-state index contributed by atoms with van der Waals surface area (Å²) in [6.07, 6.45) is 61.6. The molecule has 6 nitrogen and oxygen atoms in total. The second-order valence-corrected chi connectivity index (χ2v) is 18.5. The van der Waals surface area contributed by atoms with Gasteiger partial charge in [-0.15, -0.1) is 0 Å². The Hall–Kier alpha value is -2.37. The van der Waals surface area contributed by atoms with E-state index in [1.165, 1.54) is 167 Å². The minimum absolute atomic E-state index is 0.0759. The molecule has 0 rings (SSSR count). The molecule has 1 unspecified atom stereocenters. The van der Waals surface area contributed by atoms with Crippen molar-refractivity contribution in [2.75, 3.05) is 13.2 Å². The summed E-state index contributed by atoms with van der Waals surface area (Å²) in [5, 5.41) is 0. The molecule has 63 heavy (non-hydrogen) atoms. The lowest BCUT2D eigenvalue weighted by Crippen LogP contribution is -2.30. The number of ether oxygens (including phenoxy) is 3. The van der Waals surface area contributed by atoms with E-state index in [-0.39, 0.29) is 31.1 Å². The molecule has 0 bridgehead atoms. The predicted molar refractivity (Wildman–Crippen MR) is 270 cm³/mol. The van der Waals surface area contributed by atoms with Crippen LogP contribution in [-0.2, 0) is 28.6 Å². The quantitative estimate of drug-likeness (QED) is 0.0262. The van der Waals surface area contributed by atoms with Crippen LogP contribution in [0.15, 0.2) is 36.5 Å². The molecule has 0 aromatic carbocycles. The van der Waals surface area contributed by atoms with Gasteiger partial charge in [-0.1, -0.05) is 231 Å². The van der Waals surface area contributed by atoms with Crippen LogP contribution in [0.4, 0.5) is 0 Å². The Balaban J connectivity index is 4.16. The summed E-state index contributed by atoms with van der Waals surface area (Å²) in [7, 11) is 0. The van der Waals surface area contributed by atoms with Crippen LogP contribution in [0, 0.1) is 0 Å². The Labute approximate surface area is 391 Å². The molecule has 0 aliphatic heterocycles. The van der Waals surface area contributed by atoms with E-state index < -0.39 is 6.10 Å². The van der Waals surface area contributed by atoms with Gasteiger partial charge in [-0.3, -0.25) is 14.4 Å². The van der Waals surface area contributed by atoms with E-state index in [0.29, 0.717) is 19.3 Å². The van der Waals surface area contributed by atoms with Crippen molar-refractivity contribution in [1.82, 2.24) is 0 Å². The van der Waals surface area contributed by atoms with Crippen molar-refractivity contribution in [3.05, 3.63) is 36.5 Å². The van der Waals surface area contributed by atoms with E-state index in [1.54, 1.807) is 0 Å². The first-order valence-electron chi connectivity index (χ1n) is 27.5. The van der Waals surface area contributed by atoms with Crippen molar-refractivity contribution < 1.29 is 28.6 Å². The zero-order valence-corrected chi connectivity index (χ0v) is 42.1. The lowest BCUT2D eigenvalue weighted by molar-refractivity contribution is -0.167. The Morgan fingerprint density at radius 3 is 0.921 bits per heavy atom. The molecular weight excluding hydrogens is 781 g/mol. The second kappa shape index (κ2) is 52.3. The van der Waals surface area contributed by atoms with Crippen LogP contribution in [0.2, 0.25) is 0 Å². The minimum Gasteiger partial charge on any atom is -0.462 e. The van der Waals surface area contributed by atoms with Gasteiger partial charge in [0.25, 0.3) is 0 Å². The summed E-state index contributed by atoms with van der Waals surface area (Å²) in [6, 6.07) is 0. The second-order valence-electron chi connectivity index (χ2n) is 18.5. The SMILES string of the molecule is CCCCC/C=C\C/C=C\CCCCCCCC(=O)OC(COC(=O)CCCCCCCCC)COC(=O)CCCCCCCCCCCCC/C=C\CCCCCCCCCC. The first-order valence-corrected chi connectivity index (χ1v) is 27.5. The molecule has 6 heteroatoms.